The molecule has 2 aromatic carbocycles. The first-order valence-electron chi connectivity index (χ1n) is 10.8. The number of aromatic nitrogens is 2. The molecule has 1 aliphatic rings. The molecule has 3 aromatic rings. The molecule has 4 rings (SSSR count). The highest BCUT2D eigenvalue weighted by Crippen LogP contribution is 2.28. The lowest BCUT2D eigenvalue weighted by Gasteiger charge is -2.26. The summed E-state index contributed by atoms with van der Waals surface area (Å²) in [4.78, 5) is 27.1. The third-order valence-corrected chi connectivity index (χ3v) is 5.91. The molecule has 0 saturated carbocycles. The monoisotopic (exact) mass is 449 g/mol. The number of anilines is 1. The van der Waals surface area contributed by atoms with E-state index >= 15 is 0 Å². The summed E-state index contributed by atoms with van der Waals surface area (Å²) >= 11 is 0. The van der Waals surface area contributed by atoms with Crippen LogP contribution < -0.4 is 26.0 Å². The van der Waals surface area contributed by atoms with Crippen LogP contribution in [0.4, 0.5) is 5.69 Å². The Balaban J connectivity index is 1.88. The van der Waals surface area contributed by atoms with Gasteiger partial charge in [-0.3, -0.25) is 13.9 Å². The maximum absolute atomic E-state index is 13.6. The van der Waals surface area contributed by atoms with Gasteiger partial charge in [0, 0.05) is 24.9 Å². The van der Waals surface area contributed by atoms with Crippen molar-refractivity contribution in [3.05, 3.63) is 62.8 Å². The Labute approximate surface area is 191 Å². The van der Waals surface area contributed by atoms with Gasteiger partial charge in [0.15, 0.2) is 11.5 Å². The fourth-order valence-corrected chi connectivity index (χ4v) is 4.24. The predicted molar refractivity (Wildman–Crippen MR) is 128 cm³/mol. The third kappa shape index (κ3) is 4.45. The van der Waals surface area contributed by atoms with Crippen LogP contribution in [0.3, 0.4) is 0 Å². The van der Waals surface area contributed by atoms with Crippen molar-refractivity contribution in [3.8, 4) is 23.8 Å². The molecule has 0 atom stereocenters. The van der Waals surface area contributed by atoms with E-state index in [-0.39, 0.29) is 23.8 Å². The van der Waals surface area contributed by atoms with Crippen molar-refractivity contribution < 1.29 is 14.2 Å². The second kappa shape index (κ2) is 9.84. The van der Waals surface area contributed by atoms with Gasteiger partial charge in [0.05, 0.1) is 38.2 Å². The van der Waals surface area contributed by atoms with Crippen LogP contribution in [-0.2, 0) is 11.3 Å². The highest BCUT2D eigenvalue weighted by Gasteiger charge is 2.23. The molecule has 0 aliphatic carbocycles. The van der Waals surface area contributed by atoms with Crippen molar-refractivity contribution in [2.24, 2.45) is 0 Å². The number of terminal acetylenes is 1. The third-order valence-electron chi connectivity index (χ3n) is 5.91. The smallest absolute Gasteiger partial charge is 0.332 e. The Hall–Kier alpha value is -3.70. The molecule has 0 amide bonds. The Morgan fingerprint density at radius 3 is 2.55 bits per heavy atom. The second-order valence-corrected chi connectivity index (χ2v) is 7.87. The van der Waals surface area contributed by atoms with Crippen LogP contribution in [0.5, 0.6) is 11.5 Å². The first-order chi connectivity index (χ1) is 16.1. The van der Waals surface area contributed by atoms with Gasteiger partial charge in [-0.2, -0.15) is 0 Å². The van der Waals surface area contributed by atoms with E-state index in [1.54, 1.807) is 37.0 Å². The molecular formula is C25H27N3O5. The number of fused-ring (bicyclic) bond motifs is 1. The second-order valence-electron chi connectivity index (χ2n) is 7.87. The number of hydrogen-bond acceptors (Lipinski definition) is 6. The van der Waals surface area contributed by atoms with Crippen molar-refractivity contribution in [2.45, 2.75) is 25.4 Å². The lowest BCUT2D eigenvalue weighted by atomic mass is 10.1. The minimum absolute atomic E-state index is 0.0458. The number of hydrogen-bond donors (Lipinski definition) is 1. The first kappa shape index (κ1) is 22.5. The van der Waals surface area contributed by atoms with Gasteiger partial charge in [0.2, 0.25) is 0 Å². The summed E-state index contributed by atoms with van der Waals surface area (Å²) in [7, 11) is 3.11. The Morgan fingerprint density at radius 2 is 1.85 bits per heavy atom. The summed E-state index contributed by atoms with van der Waals surface area (Å²) in [5, 5.41) is 3.56. The lowest BCUT2D eigenvalue weighted by Crippen LogP contribution is -2.42. The molecule has 0 bridgehead atoms. The van der Waals surface area contributed by atoms with Crippen molar-refractivity contribution >= 4 is 16.6 Å². The van der Waals surface area contributed by atoms with E-state index in [9.17, 15) is 9.59 Å². The predicted octanol–water partition coefficient (Wildman–Crippen LogP) is 2.63. The van der Waals surface area contributed by atoms with Crippen LogP contribution in [-0.4, -0.2) is 43.1 Å². The SMILES string of the molecule is C#CCNc1ccc2c(c1)c(=O)n(Cc1ccc(OC)c(OC)c1)c(=O)n2C1CCOCC1. The lowest BCUT2D eigenvalue weighted by molar-refractivity contribution is 0.0691. The molecule has 1 N–H and O–H groups in total. The molecule has 0 spiro atoms. The van der Waals surface area contributed by atoms with Gasteiger partial charge < -0.3 is 19.5 Å². The number of nitrogens with one attached hydrogen (secondary N) is 1. The van der Waals surface area contributed by atoms with Crippen LogP contribution in [0.2, 0.25) is 0 Å². The van der Waals surface area contributed by atoms with Crippen molar-refractivity contribution in [3.63, 3.8) is 0 Å². The van der Waals surface area contributed by atoms with Crippen LogP contribution in [0.25, 0.3) is 10.9 Å². The molecule has 1 fully saturated rings. The molecule has 0 unspecified atom stereocenters. The van der Waals surface area contributed by atoms with Gasteiger partial charge in [-0.1, -0.05) is 12.0 Å². The van der Waals surface area contributed by atoms with Crippen LogP contribution in [0.1, 0.15) is 24.4 Å². The quantitative estimate of drug-likeness (QED) is 0.559. The van der Waals surface area contributed by atoms with E-state index < -0.39 is 0 Å². The van der Waals surface area contributed by atoms with E-state index in [2.05, 4.69) is 11.2 Å². The zero-order valence-electron chi connectivity index (χ0n) is 18.8. The Morgan fingerprint density at radius 1 is 1.09 bits per heavy atom. The molecule has 172 valence electrons. The number of methoxy groups -OCH3 is 2. The minimum atomic E-state index is -0.350. The Kier molecular flexibility index (Phi) is 6.71. The molecule has 1 aliphatic heterocycles. The molecule has 33 heavy (non-hydrogen) atoms. The van der Waals surface area contributed by atoms with Crippen LogP contribution in [0, 0.1) is 12.3 Å². The summed E-state index contributed by atoms with van der Waals surface area (Å²) in [6.45, 7) is 1.61. The average Bonchev–Trinajstić information content (AvgIpc) is 2.86. The van der Waals surface area contributed by atoms with E-state index in [4.69, 9.17) is 20.6 Å². The molecular weight excluding hydrogens is 422 g/mol. The number of ether oxygens (including phenoxy) is 3. The zero-order valence-corrected chi connectivity index (χ0v) is 18.8. The maximum atomic E-state index is 13.6. The van der Waals surface area contributed by atoms with Crippen LogP contribution in [0.15, 0.2) is 46.0 Å². The first-order valence-corrected chi connectivity index (χ1v) is 10.8. The molecule has 1 saturated heterocycles. The fourth-order valence-electron chi connectivity index (χ4n) is 4.24. The number of benzene rings is 2. The normalized spacial score (nSPS) is 14.1. The van der Waals surface area contributed by atoms with E-state index in [0.717, 1.165) is 11.3 Å². The minimum Gasteiger partial charge on any atom is -0.493 e. The van der Waals surface area contributed by atoms with Crippen LogP contribution >= 0.6 is 0 Å². The zero-order chi connectivity index (χ0) is 23.4. The van der Waals surface area contributed by atoms with Gasteiger partial charge >= 0.3 is 5.69 Å². The van der Waals surface area contributed by atoms with Gasteiger partial charge in [0.25, 0.3) is 5.56 Å². The fraction of sp³-hybridized carbons (Fsp3) is 0.360. The van der Waals surface area contributed by atoms with E-state index in [1.165, 1.54) is 4.57 Å². The standard InChI is InChI=1S/C25H27N3O5/c1-4-11-26-18-6-7-21-20(15-18)24(29)27(25(30)28(21)19-9-12-33-13-10-19)16-17-5-8-22(31-2)23(14-17)32-3/h1,5-8,14-15,19,26H,9-13,16H2,2-3H3. The largest absolute Gasteiger partial charge is 0.493 e. The molecule has 1 aromatic heterocycles. The molecule has 2 heterocycles. The summed E-state index contributed by atoms with van der Waals surface area (Å²) in [6, 6.07) is 10.7. The maximum Gasteiger partial charge on any atom is 0.332 e. The van der Waals surface area contributed by atoms with E-state index in [1.807, 2.05) is 18.2 Å². The molecule has 0 radical (unpaired) electrons. The summed E-state index contributed by atoms with van der Waals surface area (Å²) < 4.78 is 19.2. The van der Waals surface area contributed by atoms with Gasteiger partial charge in [-0.05, 0) is 48.7 Å². The molecule has 8 heteroatoms. The highest BCUT2D eigenvalue weighted by molar-refractivity contribution is 5.82. The van der Waals surface area contributed by atoms with Gasteiger partial charge in [-0.15, -0.1) is 6.42 Å². The van der Waals surface area contributed by atoms with Gasteiger partial charge in [-0.25, -0.2) is 4.79 Å². The Bertz CT molecular complexity index is 1310. The molecule has 8 nitrogen and oxygen atoms in total. The van der Waals surface area contributed by atoms with E-state index in [0.29, 0.717) is 55.0 Å². The topological polar surface area (TPSA) is 83.7 Å². The number of nitrogens with zero attached hydrogens (tertiary/aromatic N) is 2. The summed E-state index contributed by atoms with van der Waals surface area (Å²) in [6.07, 6.45) is 6.78. The van der Waals surface area contributed by atoms with Crippen molar-refractivity contribution in [1.29, 1.82) is 0 Å². The average molecular weight is 450 g/mol. The highest BCUT2D eigenvalue weighted by atomic mass is 16.5. The summed E-state index contributed by atoms with van der Waals surface area (Å²) in [5.74, 6) is 3.65. The summed E-state index contributed by atoms with van der Waals surface area (Å²) in [5.41, 5.74) is 1.42. The van der Waals surface area contributed by atoms with Crippen molar-refractivity contribution in [2.75, 3.05) is 39.3 Å². The number of rotatable bonds is 7. The van der Waals surface area contributed by atoms with Crippen molar-refractivity contribution in [1.82, 2.24) is 9.13 Å². The van der Waals surface area contributed by atoms with Gasteiger partial charge in [0.1, 0.15) is 0 Å².